The maximum Gasteiger partial charge on any atom is 0.287 e. The Kier molecular flexibility index (Phi) is 3.77. The van der Waals surface area contributed by atoms with Gasteiger partial charge in [-0.05, 0) is 12.1 Å². The van der Waals surface area contributed by atoms with Crippen LogP contribution in [0, 0.1) is 12.3 Å². The third-order valence-corrected chi connectivity index (χ3v) is 1.64. The number of hydrogen-bond donors (Lipinski definition) is 2. The van der Waals surface area contributed by atoms with Gasteiger partial charge in [0.25, 0.3) is 5.91 Å². The van der Waals surface area contributed by atoms with Crippen molar-refractivity contribution in [1.82, 2.24) is 5.32 Å². The van der Waals surface area contributed by atoms with Gasteiger partial charge in [0.15, 0.2) is 5.76 Å². The quantitative estimate of drug-likeness (QED) is 0.539. The lowest BCUT2D eigenvalue weighted by atomic mass is 10.4. The first-order valence-electron chi connectivity index (χ1n) is 4.28. The normalized spacial score (nSPS) is 9.43. The van der Waals surface area contributed by atoms with Crippen LogP contribution in [0.15, 0.2) is 16.5 Å². The zero-order valence-corrected chi connectivity index (χ0v) is 7.75. The Morgan fingerprint density at radius 2 is 2.43 bits per heavy atom. The second-order valence-corrected chi connectivity index (χ2v) is 2.68. The number of carbonyl (C=O) groups excluding carboxylic acids is 1. The van der Waals surface area contributed by atoms with Gasteiger partial charge in [0, 0.05) is 13.0 Å². The second kappa shape index (κ2) is 5.10. The number of nitrogens with two attached hydrogens (primary N) is 1. The van der Waals surface area contributed by atoms with Crippen molar-refractivity contribution >= 4 is 5.91 Å². The monoisotopic (exact) mass is 192 g/mol. The average molecular weight is 192 g/mol. The summed E-state index contributed by atoms with van der Waals surface area (Å²) in [6, 6.07) is 3.27. The molecule has 0 saturated heterocycles. The van der Waals surface area contributed by atoms with Crippen molar-refractivity contribution in [2.45, 2.75) is 13.0 Å². The van der Waals surface area contributed by atoms with Gasteiger partial charge in [-0.25, -0.2) is 0 Å². The van der Waals surface area contributed by atoms with Crippen LogP contribution < -0.4 is 11.1 Å². The average Bonchev–Trinajstić information content (AvgIpc) is 2.66. The fraction of sp³-hybridized carbons (Fsp3) is 0.300. The fourth-order valence-corrected chi connectivity index (χ4v) is 0.945. The summed E-state index contributed by atoms with van der Waals surface area (Å²) >= 11 is 0. The minimum atomic E-state index is -0.264. The molecule has 3 N–H and O–H groups in total. The Morgan fingerprint density at radius 1 is 1.64 bits per heavy atom. The molecule has 1 rings (SSSR count). The van der Waals surface area contributed by atoms with Crippen molar-refractivity contribution in [2.75, 3.05) is 6.54 Å². The zero-order valence-electron chi connectivity index (χ0n) is 7.75. The number of carbonyl (C=O) groups is 1. The third kappa shape index (κ3) is 2.64. The molecule has 0 saturated carbocycles. The predicted octanol–water partition coefficient (Wildman–Crippen LogP) is 0.491. The maximum absolute atomic E-state index is 11.3. The van der Waals surface area contributed by atoms with Gasteiger partial charge < -0.3 is 15.5 Å². The lowest BCUT2D eigenvalue weighted by Gasteiger charge is -1.98. The van der Waals surface area contributed by atoms with Crippen molar-refractivity contribution in [2.24, 2.45) is 5.73 Å². The molecule has 1 aromatic heterocycles. The van der Waals surface area contributed by atoms with Gasteiger partial charge in [-0.15, -0.1) is 12.3 Å². The van der Waals surface area contributed by atoms with E-state index in [2.05, 4.69) is 11.2 Å². The molecule has 0 aliphatic carbocycles. The van der Waals surface area contributed by atoms with Crippen LogP contribution in [0.5, 0.6) is 0 Å². The van der Waals surface area contributed by atoms with E-state index >= 15 is 0 Å². The summed E-state index contributed by atoms with van der Waals surface area (Å²) < 4.78 is 5.14. The van der Waals surface area contributed by atoms with Crippen LogP contribution in [-0.4, -0.2) is 12.5 Å². The second-order valence-electron chi connectivity index (χ2n) is 2.68. The number of terminal acetylenes is 1. The van der Waals surface area contributed by atoms with E-state index in [1.165, 1.54) is 0 Å². The van der Waals surface area contributed by atoms with Crippen LogP contribution >= 0.6 is 0 Å². The molecule has 0 unspecified atom stereocenters. The summed E-state index contributed by atoms with van der Waals surface area (Å²) in [5, 5.41) is 2.62. The van der Waals surface area contributed by atoms with Crippen molar-refractivity contribution < 1.29 is 9.21 Å². The van der Waals surface area contributed by atoms with Crippen molar-refractivity contribution in [3.63, 3.8) is 0 Å². The first kappa shape index (κ1) is 10.4. The van der Waals surface area contributed by atoms with Crippen molar-refractivity contribution in [3.05, 3.63) is 23.7 Å². The molecule has 0 atom stereocenters. The molecule has 1 aromatic rings. The highest BCUT2D eigenvalue weighted by atomic mass is 16.4. The maximum atomic E-state index is 11.3. The first-order chi connectivity index (χ1) is 6.77. The molecule has 0 aliphatic rings. The molecule has 0 aliphatic heterocycles. The highest BCUT2D eigenvalue weighted by Gasteiger charge is 2.08. The number of furan rings is 1. The topological polar surface area (TPSA) is 68.3 Å². The van der Waals surface area contributed by atoms with E-state index < -0.39 is 0 Å². The van der Waals surface area contributed by atoms with Gasteiger partial charge in [0.05, 0.1) is 6.54 Å². The van der Waals surface area contributed by atoms with Crippen LogP contribution in [0.1, 0.15) is 22.7 Å². The molecule has 74 valence electrons. The van der Waals surface area contributed by atoms with Crippen LogP contribution in [-0.2, 0) is 6.54 Å². The molecule has 1 heterocycles. The number of rotatable bonds is 4. The summed E-state index contributed by atoms with van der Waals surface area (Å²) in [5.41, 5.74) is 5.33. The lowest BCUT2D eigenvalue weighted by molar-refractivity contribution is 0.0925. The summed E-state index contributed by atoms with van der Waals surface area (Å²) in [7, 11) is 0. The van der Waals surface area contributed by atoms with E-state index in [9.17, 15) is 4.79 Å². The molecule has 0 fully saturated rings. The van der Waals surface area contributed by atoms with Gasteiger partial charge in [0.1, 0.15) is 5.76 Å². The largest absolute Gasteiger partial charge is 0.455 e. The van der Waals surface area contributed by atoms with Gasteiger partial charge in [-0.1, -0.05) is 0 Å². The van der Waals surface area contributed by atoms with E-state index in [-0.39, 0.29) is 18.2 Å². The van der Waals surface area contributed by atoms with E-state index in [1.54, 1.807) is 12.1 Å². The summed E-state index contributed by atoms with van der Waals surface area (Å²) in [6.07, 6.45) is 5.55. The Balaban J connectivity index is 2.48. The molecule has 0 radical (unpaired) electrons. The molecule has 0 bridgehead atoms. The summed E-state index contributed by atoms with van der Waals surface area (Å²) in [6.45, 7) is 0.742. The summed E-state index contributed by atoms with van der Waals surface area (Å²) in [4.78, 5) is 11.3. The Labute approximate surface area is 82.5 Å². The first-order valence-corrected chi connectivity index (χ1v) is 4.28. The van der Waals surface area contributed by atoms with Gasteiger partial charge in [-0.3, -0.25) is 4.79 Å². The van der Waals surface area contributed by atoms with E-state index in [1.807, 2.05) is 0 Å². The molecule has 14 heavy (non-hydrogen) atoms. The lowest BCUT2D eigenvalue weighted by Crippen LogP contribution is -2.23. The highest BCUT2D eigenvalue weighted by molar-refractivity contribution is 5.91. The van der Waals surface area contributed by atoms with Crippen molar-refractivity contribution in [3.8, 4) is 12.3 Å². The van der Waals surface area contributed by atoms with Crippen LogP contribution in [0.25, 0.3) is 0 Å². The predicted molar refractivity (Wildman–Crippen MR) is 52.4 cm³/mol. The summed E-state index contributed by atoms with van der Waals surface area (Å²) in [5.74, 6) is 3.02. The molecular weight excluding hydrogens is 180 g/mol. The van der Waals surface area contributed by atoms with E-state index in [0.717, 1.165) is 0 Å². The van der Waals surface area contributed by atoms with Crippen molar-refractivity contribution in [1.29, 1.82) is 0 Å². The molecule has 0 spiro atoms. The number of hydrogen-bond acceptors (Lipinski definition) is 3. The fourth-order valence-electron chi connectivity index (χ4n) is 0.945. The Bertz CT molecular complexity index is 349. The van der Waals surface area contributed by atoms with Gasteiger partial charge in [0.2, 0.25) is 0 Å². The molecule has 0 aromatic carbocycles. The molecular formula is C10H12N2O2. The molecule has 4 nitrogen and oxygen atoms in total. The Morgan fingerprint density at radius 3 is 3.00 bits per heavy atom. The minimum Gasteiger partial charge on any atom is -0.455 e. The molecule has 4 heteroatoms. The standard InChI is InChI=1S/C10H12N2O2/c1-2-3-6-12-10(13)9-5-4-8(7-11)14-9/h1,4-5H,3,6-7,11H2,(H,12,13). The minimum absolute atomic E-state index is 0.264. The van der Waals surface area contributed by atoms with Crippen LogP contribution in [0.4, 0.5) is 0 Å². The van der Waals surface area contributed by atoms with E-state index in [0.29, 0.717) is 18.7 Å². The smallest absolute Gasteiger partial charge is 0.287 e. The SMILES string of the molecule is C#CCCNC(=O)c1ccc(CN)o1. The van der Waals surface area contributed by atoms with E-state index in [4.69, 9.17) is 16.6 Å². The van der Waals surface area contributed by atoms with Gasteiger partial charge >= 0.3 is 0 Å². The van der Waals surface area contributed by atoms with Crippen LogP contribution in [0.2, 0.25) is 0 Å². The van der Waals surface area contributed by atoms with Gasteiger partial charge in [-0.2, -0.15) is 0 Å². The Hall–Kier alpha value is -1.73. The zero-order chi connectivity index (χ0) is 10.4. The molecule has 1 amide bonds. The number of nitrogens with one attached hydrogen (secondary N) is 1. The van der Waals surface area contributed by atoms with Crippen LogP contribution in [0.3, 0.4) is 0 Å². The highest BCUT2D eigenvalue weighted by Crippen LogP contribution is 2.06. The number of amides is 1. The third-order valence-electron chi connectivity index (χ3n) is 1.64.